The van der Waals surface area contributed by atoms with Gasteiger partial charge >= 0.3 is 0 Å². The molecule has 2 aromatic rings. The second-order valence-electron chi connectivity index (χ2n) is 4.64. The van der Waals surface area contributed by atoms with Gasteiger partial charge in [0.2, 0.25) is 0 Å². The Balaban J connectivity index is 1.98. The maximum Gasteiger partial charge on any atom is -0.0238 e. The number of hydrogen-bond donors (Lipinski definition) is 0. The second-order valence-corrected chi connectivity index (χ2v) is 4.64. The molecule has 2 aromatic carbocycles. The Labute approximate surface area is 96.9 Å². The van der Waals surface area contributed by atoms with Gasteiger partial charge in [0.25, 0.3) is 0 Å². The first-order valence-electron chi connectivity index (χ1n) is 6.06. The molecule has 0 radical (unpaired) electrons. The summed E-state index contributed by atoms with van der Waals surface area (Å²) >= 11 is 0. The Morgan fingerprint density at radius 1 is 0.500 bits per heavy atom. The lowest BCUT2D eigenvalue weighted by molar-refractivity contribution is 0.904. The summed E-state index contributed by atoms with van der Waals surface area (Å²) in [6.07, 6.45) is 4.66. The zero-order valence-corrected chi connectivity index (χ0v) is 9.45. The van der Waals surface area contributed by atoms with Crippen molar-refractivity contribution in [2.75, 3.05) is 0 Å². The van der Waals surface area contributed by atoms with E-state index in [9.17, 15) is 0 Å². The van der Waals surface area contributed by atoms with Crippen molar-refractivity contribution in [1.29, 1.82) is 0 Å². The smallest absolute Gasteiger partial charge is 0.0238 e. The summed E-state index contributed by atoms with van der Waals surface area (Å²) < 4.78 is 0. The lowest BCUT2D eigenvalue weighted by Gasteiger charge is -2.10. The number of aryl methyl sites for hydroxylation is 4. The average Bonchev–Trinajstić information content (AvgIpc) is 2.34. The SMILES string of the molecule is c1cc2cc(c1)CCc1cccc(c1)CC2. The van der Waals surface area contributed by atoms with E-state index in [4.69, 9.17) is 0 Å². The molecule has 1 aliphatic rings. The average molecular weight is 208 g/mol. The Hall–Kier alpha value is -1.56. The number of benzene rings is 2. The Morgan fingerprint density at radius 3 is 1.12 bits per heavy atom. The van der Waals surface area contributed by atoms with Gasteiger partial charge in [0, 0.05) is 0 Å². The van der Waals surface area contributed by atoms with Crippen LogP contribution in [0.15, 0.2) is 48.5 Å². The van der Waals surface area contributed by atoms with E-state index in [1.54, 1.807) is 0 Å². The van der Waals surface area contributed by atoms with Crippen LogP contribution in [0.25, 0.3) is 0 Å². The first-order chi connectivity index (χ1) is 7.90. The summed E-state index contributed by atoms with van der Waals surface area (Å²) in [5.74, 6) is 0. The van der Waals surface area contributed by atoms with E-state index < -0.39 is 0 Å². The normalized spacial score (nSPS) is 14.5. The minimum atomic E-state index is 1.16. The topological polar surface area (TPSA) is 0 Å². The summed E-state index contributed by atoms with van der Waals surface area (Å²) in [4.78, 5) is 0. The molecule has 0 saturated carbocycles. The number of fused-ring (bicyclic) bond motifs is 4. The van der Waals surface area contributed by atoms with Gasteiger partial charge in [-0.1, -0.05) is 48.5 Å². The molecule has 80 valence electrons. The molecule has 0 fully saturated rings. The van der Waals surface area contributed by atoms with E-state index in [1.165, 1.54) is 22.3 Å². The molecule has 3 rings (SSSR count). The van der Waals surface area contributed by atoms with Gasteiger partial charge in [-0.05, 0) is 47.9 Å². The van der Waals surface area contributed by atoms with Gasteiger partial charge in [-0.15, -0.1) is 0 Å². The Kier molecular flexibility index (Phi) is 2.49. The van der Waals surface area contributed by atoms with Gasteiger partial charge in [0.05, 0.1) is 0 Å². The zero-order valence-electron chi connectivity index (χ0n) is 9.45. The Bertz CT molecular complexity index is 411. The third-order valence-corrected chi connectivity index (χ3v) is 3.39. The minimum Gasteiger partial charge on any atom is -0.0617 e. The lowest BCUT2D eigenvalue weighted by Crippen LogP contribution is -1.99. The fourth-order valence-corrected chi connectivity index (χ4v) is 2.46. The molecule has 0 heterocycles. The maximum atomic E-state index is 2.37. The van der Waals surface area contributed by atoms with Crippen molar-refractivity contribution < 1.29 is 0 Å². The van der Waals surface area contributed by atoms with Crippen LogP contribution in [-0.2, 0) is 25.7 Å². The van der Waals surface area contributed by atoms with Crippen LogP contribution in [0.2, 0.25) is 0 Å². The van der Waals surface area contributed by atoms with Gasteiger partial charge < -0.3 is 0 Å². The predicted molar refractivity (Wildman–Crippen MR) is 67.7 cm³/mol. The third kappa shape index (κ3) is 2.01. The summed E-state index contributed by atoms with van der Waals surface area (Å²) in [6.45, 7) is 0. The van der Waals surface area contributed by atoms with Crippen LogP contribution >= 0.6 is 0 Å². The van der Waals surface area contributed by atoms with Gasteiger partial charge in [0.15, 0.2) is 0 Å². The maximum absolute atomic E-state index is 2.37. The van der Waals surface area contributed by atoms with Crippen molar-refractivity contribution in [2.45, 2.75) is 25.7 Å². The van der Waals surface area contributed by atoms with E-state index in [1.807, 2.05) is 0 Å². The molecule has 0 nitrogen and oxygen atoms in total. The third-order valence-electron chi connectivity index (χ3n) is 3.39. The molecule has 1 aliphatic carbocycles. The van der Waals surface area contributed by atoms with Gasteiger partial charge in [-0.3, -0.25) is 0 Å². The summed E-state index contributed by atoms with van der Waals surface area (Å²) in [7, 11) is 0. The highest BCUT2D eigenvalue weighted by Crippen LogP contribution is 2.16. The highest BCUT2D eigenvalue weighted by Gasteiger charge is 2.03. The largest absolute Gasteiger partial charge is 0.0617 e. The molecule has 0 spiro atoms. The van der Waals surface area contributed by atoms with Gasteiger partial charge in [0.1, 0.15) is 0 Å². The zero-order chi connectivity index (χ0) is 10.8. The fourth-order valence-electron chi connectivity index (χ4n) is 2.46. The predicted octanol–water partition coefficient (Wildman–Crippen LogP) is 3.57. The quantitative estimate of drug-likeness (QED) is 0.621. The van der Waals surface area contributed by atoms with Crippen molar-refractivity contribution in [2.24, 2.45) is 0 Å². The molecule has 0 aliphatic heterocycles. The molecule has 0 aromatic heterocycles. The van der Waals surface area contributed by atoms with Crippen LogP contribution < -0.4 is 0 Å². The first-order valence-corrected chi connectivity index (χ1v) is 6.06. The van der Waals surface area contributed by atoms with Crippen LogP contribution in [-0.4, -0.2) is 0 Å². The Morgan fingerprint density at radius 2 is 0.812 bits per heavy atom. The van der Waals surface area contributed by atoms with Gasteiger partial charge in [-0.2, -0.15) is 0 Å². The molecule has 0 unspecified atom stereocenters. The molecular weight excluding hydrogens is 192 g/mol. The standard InChI is InChI=1S/C16H16/c1-3-13-7-9-15-5-2-6-16(12-15)10-8-14(4-1)11-13/h1-6,11-12H,7-10H2. The monoisotopic (exact) mass is 208 g/mol. The lowest BCUT2D eigenvalue weighted by atomic mass is 9.95. The molecule has 0 amide bonds. The van der Waals surface area contributed by atoms with Crippen LogP contribution in [0.3, 0.4) is 0 Å². The van der Waals surface area contributed by atoms with Gasteiger partial charge in [-0.25, -0.2) is 0 Å². The second kappa shape index (κ2) is 4.13. The fraction of sp³-hybridized carbons (Fsp3) is 0.250. The molecule has 0 N–H and O–H groups in total. The van der Waals surface area contributed by atoms with Crippen LogP contribution in [0, 0.1) is 0 Å². The van der Waals surface area contributed by atoms with E-state index in [2.05, 4.69) is 48.5 Å². The minimum absolute atomic E-state index is 1.16. The van der Waals surface area contributed by atoms with Crippen LogP contribution in [0.5, 0.6) is 0 Å². The van der Waals surface area contributed by atoms with Crippen molar-refractivity contribution in [3.05, 3.63) is 70.8 Å². The number of rotatable bonds is 0. The first kappa shape index (κ1) is 9.65. The molecule has 4 bridgehead atoms. The van der Waals surface area contributed by atoms with E-state index in [-0.39, 0.29) is 0 Å². The van der Waals surface area contributed by atoms with Crippen molar-refractivity contribution in [1.82, 2.24) is 0 Å². The number of hydrogen-bond acceptors (Lipinski definition) is 0. The molecule has 0 heteroatoms. The molecule has 16 heavy (non-hydrogen) atoms. The highest BCUT2D eigenvalue weighted by molar-refractivity contribution is 5.30. The molecule has 0 atom stereocenters. The van der Waals surface area contributed by atoms with E-state index >= 15 is 0 Å². The van der Waals surface area contributed by atoms with Crippen molar-refractivity contribution >= 4 is 0 Å². The van der Waals surface area contributed by atoms with Crippen LogP contribution in [0.4, 0.5) is 0 Å². The van der Waals surface area contributed by atoms with E-state index in [0.29, 0.717) is 0 Å². The van der Waals surface area contributed by atoms with Crippen LogP contribution in [0.1, 0.15) is 22.3 Å². The summed E-state index contributed by atoms with van der Waals surface area (Å²) in [6, 6.07) is 18.1. The summed E-state index contributed by atoms with van der Waals surface area (Å²) in [5.41, 5.74) is 5.91. The molecular formula is C16H16. The van der Waals surface area contributed by atoms with Crippen molar-refractivity contribution in [3.8, 4) is 0 Å². The van der Waals surface area contributed by atoms with E-state index in [0.717, 1.165) is 25.7 Å². The highest BCUT2D eigenvalue weighted by atomic mass is 14.1. The van der Waals surface area contributed by atoms with Crippen molar-refractivity contribution in [3.63, 3.8) is 0 Å². The molecule has 0 saturated heterocycles. The summed E-state index contributed by atoms with van der Waals surface area (Å²) in [5, 5.41) is 0.